The molecule has 0 heterocycles. The summed E-state index contributed by atoms with van der Waals surface area (Å²) < 4.78 is 39.9. The van der Waals surface area contributed by atoms with Gasteiger partial charge in [0.15, 0.2) is 23.2 Å². The predicted molar refractivity (Wildman–Crippen MR) is 98.7 cm³/mol. The van der Waals surface area contributed by atoms with E-state index in [0.717, 1.165) is 6.07 Å². The van der Waals surface area contributed by atoms with Gasteiger partial charge >= 0.3 is 0 Å². The first-order valence-electron chi connectivity index (χ1n) is 7.97. The third-order valence-corrected chi connectivity index (χ3v) is 4.12. The number of hydrazine groups is 1. The lowest BCUT2D eigenvalue weighted by Gasteiger charge is -2.12. The van der Waals surface area contributed by atoms with Crippen molar-refractivity contribution in [2.24, 2.45) is 0 Å². The van der Waals surface area contributed by atoms with Crippen LogP contribution < -0.4 is 10.9 Å². The van der Waals surface area contributed by atoms with Crippen molar-refractivity contribution in [1.29, 1.82) is 0 Å². The van der Waals surface area contributed by atoms with E-state index in [1.807, 2.05) is 0 Å². The molecule has 28 heavy (non-hydrogen) atoms. The van der Waals surface area contributed by atoms with Crippen LogP contribution in [0.4, 0.5) is 18.9 Å². The fraction of sp³-hybridized carbons (Fsp3) is 0. The Hall–Kier alpha value is -3.32. The Morgan fingerprint density at radius 2 is 1.43 bits per heavy atom. The van der Waals surface area contributed by atoms with Gasteiger partial charge in [-0.05, 0) is 42.5 Å². The molecule has 3 rings (SSSR count). The Labute approximate surface area is 162 Å². The van der Waals surface area contributed by atoms with Crippen molar-refractivity contribution in [2.45, 2.75) is 0 Å². The van der Waals surface area contributed by atoms with E-state index in [2.05, 4.69) is 10.9 Å². The maximum absolute atomic E-state index is 13.7. The van der Waals surface area contributed by atoms with Gasteiger partial charge in [-0.2, -0.15) is 0 Å². The molecule has 0 aliphatic rings. The highest BCUT2D eigenvalue weighted by Crippen LogP contribution is 2.20. The maximum Gasteiger partial charge on any atom is 0.270 e. The van der Waals surface area contributed by atoms with Crippen LogP contribution in [0.25, 0.3) is 0 Å². The number of rotatable bonds is 5. The smallest absolute Gasteiger partial charge is 0.270 e. The summed E-state index contributed by atoms with van der Waals surface area (Å²) >= 11 is 5.81. The molecule has 1 amide bonds. The molecule has 0 radical (unpaired) electrons. The average Bonchev–Trinajstić information content (AvgIpc) is 2.71. The van der Waals surface area contributed by atoms with Crippen LogP contribution in [-0.4, -0.2) is 11.7 Å². The van der Waals surface area contributed by atoms with E-state index in [4.69, 9.17) is 11.6 Å². The van der Waals surface area contributed by atoms with Crippen LogP contribution in [0, 0.1) is 17.5 Å². The van der Waals surface area contributed by atoms with Gasteiger partial charge in [0, 0.05) is 16.1 Å². The summed E-state index contributed by atoms with van der Waals surface area (Å²) in [6.07, 6.45) is 0. The van der Waals surface area contributed by atoms with E-state index < -0.39 is 34.8 Å². The van der Waals surface area contributed by atoms with Crippen LogP contribution in [0.5, 0.6) is 0 Å². The van der Waals surface area contributed by atoms with Gasteiger partial charge < -0.3 is 0 Å². The minimum absolute atomic E-state index is 0.0120. The number of hydrogen-bond acceptors (Lipinski definition) is 3. The van der Waals surface area contributed by atoms with Crippen LogP contribution in [0.1, 0.15) is 26.3 Å². The molecule has 8 heteroatoms. The van der Waals surface area contributed by atoms with Crippen LogP contribution in [-0.2, 0) is 0 Å². The molecule has 0 saturated heterocycles. The second kappa shape index (κ2) is 8.14. The first-order valence-corrected chi connectivity index (χ1v) is 8.35. The molecule has 0 aromatic heterocycles. The van der Waals surface area contributed by atoms with Crippen molar-refractivity contribution in [1.82, 2.24) is 5.43 Å². The van der Waals surface area contributed by atoms with Gasteiger partial charge in [-0.1, -0.05) is 29.8 Å². The fourth-order valence-electron chi connectivity index (χ4n) is 2.45. The summed E-state index contributed by atoms with van der Waals surface area (Å²) in [5.41, 5.74) is 4.33. The molecule has 0 fully saturated rings. The van der Waals surface area contributed by atoms with Gasteiger partial charge in [-0.15, -0.1) is 0 Å². The van der Waals surface area contributed by atoms with Crippen LogP contribution in [0.15, 0.2) is 60.7 Å². The number of ketones is 1. The molecule has 2 N–H and O–H groups in total. The first kappa shape index (κ1) is 19.4. The zero-order valence-electron chi connectivity index (χ0n) is 14.1. The lowest BCUT2D eigenvalue weighted by atomic mass is 9.98. The zero-order valence-corrected chi connectivity index (χ0v) is 14.9. The maximum atomic E-state index is 13.7. The molecule has 0 aliphatic carbocycles. The summed E-state index contributed by atoms with van der Waals surface area (Å²) in [5, 5.41) is 0.459. The minimum Gasteiger partial charge on any atom is -0.295 e. The van der Waals surface area contributed by atoms with Crippen molar-refractivity contribution in [3.63, 3.8) is 0 Å². The highest BCUT2D eigenvalue weighted by Gasteiger charge is 2.19. The number of carbonyl (C=O) groups excluding carboxylic acids is 2. The monoisotopic (exact) mass is 404 g/mol. The number of benzene rings is 3. The highest BCUT2D eigenvalue weighted by molar-refractivity contribution is 6.30. The number of nitrogens with one attached hydrogen (secondary N) is 2. The van der Waals surface area contributed by atoms with E-state index in [1.165, 1.54) is 24.3 Å². The fourth-order valence-corrected chi connectivity index (χ4v) is 2.58. The summed E-state index contributed by atoms with van der Waals surface area (Å²) in [5.74, 6) is -5.68. The topological polar surface area (TPSA) is 58.2 Å². The SMILES string of the molecule is O=C(NNc1ccc(F)c(F)c1F)c1ccccc1C(=O)c1ccc(Cl)cc1. The van der Waals surface area contributed by atoms with Gasteiger partial charge in [0.1, 0.15) is 0 Å². The molecule has 0 atom stereocenters. The van der Waals surface area contributed by atoms with Gasteiger partial charge in [-0.25, -0.2) is 13.2 Å². The Bertz CT molecular complexity index is 1060. The van der Waals surface area contributed by atoms with Crippen LogP contribution in [0.2, 0.25) is 5.02 Å². The molecule has 142 valence electrons. The quantitative estimate of drug-likeness (QED) is 0.367. The van der Waals surface area contributed by atoms with Gasteiger partial charge in [0.2, 0.25) is 0 Å². The normalized spacial score (nSPS) is 10.4. The van der Waals surface area contributed by atoms with Crippen molar-refractivity contribution in [2.75, 3.05) is 5.43 Å². The largest absolute Gasteiger partial charge is 0.295 e. The highest BCUT2D eigenvalue weighted by atomic mass is 35.5. The van der Waals surface area contributed by atoms with E-state index in [9.17, 15) is 22.8 Å². The lowest BCUT2D eigenvalue weighted by Crippen LogP contribution is -2.31. The average molecular weight is 405 g/mol. The van der Waals surface area contributed by atoms with Gasteiger partial charge in [0.05, 0.1) is 11.3 Å². The Balaban J connectivity index is 1.82. The Morgan fingerprint density at radius 3 is 2.11 bits per heavy atom. The Morgan fingerprint density at radius 1 is 0.786 bits per heavy atom. The van der Waals surface area contributed by atoms with Crippen LogP contribution >= 0.6 is 11.6 Å². The predicted octanol–water partition coefficient (Wildman–Crippen LogP) is 4.75. The number of anilines is 1. The first-order chi connectivity index (χ1) is 13.4. The van der Waals surface area contributed by atoms with E-state index in [-0.39, 0.29) is 11.1 Å². The molecule has 4 nitrogen and oxygen atoms in total. The standard InChI is InChI=1S/C20H12ClF3N2O2/c21-12-7-5-11(6-8-12)19(27)13-3-1-2-4-14(13)20(28)26-25-16-10-9-15(22)17(23)18(16)24/h1-10,25H,(H,26,28). The van der Waals surface area contributed by atoms with Crippen molar-refractivity contribution >= 4 is 29.0 Å². The molecule has 0 spiro atoms. The number of hydrogen-bond donors (Lipinski definition) is 2. The van der Waals surface area contributed by atoms with Crippen LogP contribution in [0.3, 0.4) is 0 Å². The molecular weight excluding hydrogens is 393 g/mol. The number of carbonyl (C=O) groups is 2. The number of halogens is 4. The summed E-state index contributed by atoms with van der Waals surface area (Å²) in [6, 6.07) is 13.8. The number of amides is 1. The molecule has 0 unspecified atom stereocenters. The Kier molecular flexibility index (Phi) is 5.65. The van der Waals surface area contributed by atoms with E-state index in [1.54, 1.807) is 24.3 Å². The molecule has 0 saturated carbocycles. The van der Waals surface area contributed by atoms with Crippen molar-refractivity contribution < 1.29 is 22.8 Å². The molecule has 0 bridgehead atoms. The third-order valence-electron chi connectivity index (χ3n) is 3.87. The molecular formula is C20H12ClF3N2O2. The third kappa shape index (κ3) is 3.99. The van der Waals surface area contributed by atoms with Gasteiger partial charge in [-0.3, -0.25) is 20.4 Å². The zero-order chi connectivity index (χ0) is 20.3. The van der Waals surface area contributed by atoms with Crippen molar-refractivity contribution in [3.05, 3.63) is 99.8 Å². The second-order valence-corrected chi connectivity index (χ2v) is 6.12. The summed E-state index contributed by atoms with van der Waals surface area (Å²) in [4.78, 5) is 25.2. The molecule has 3 aromatic rings. The van der Waals surface area contributed by atoms with Gasteiger partial charge in [0.25, 0.3) is 5.91 Å². The molecule has 3 aromatic carbocycles. The second-order valence-electron chi connectivity index (χ2n) is 5.68. The van der Waals surface area contributed by atoms with E-state index in [0.29, 0.717) is 16.7 Å². The summed E-state index contributed by atoms with van der Waals surface area (Å²) in [7, 11) is 0. The minimum atomic E-state index is -1.67. The lowest BCUT2D eigenvalue weighted by molar-refractivity contribution is 0.0950. The summed E-state index contributed by atoms with van der Waals surface area (Å²) in [6.45, 7) is 0. The van der Waals surface area contributed by atoms with Crippen molar-refractivity contribution in [3.8, 4) is 0 Å². The van der Waals surface area contributed by atoms with E-state index >= 15 is 0 Å². The molecule has 0 aliphatic heterocycles.